The molecule has 2 atom stereocenters. The Bertz CT molecular complexity index is 1470. The molecule has 0 spiro atoms. The van der Waals surface area contributed by atoms with E-state index in [4.69, 9.17) is 11.5 Å². The van der Waals surface area contributed by atoms with Gasteiger partial charge in [-0.1, -0.05) is 17.3 Å². The van der Waals surface area contributed by atoms with Crippen molar-refractivity contribution in [1.29, 1.82) is 0 Å². The minimum Gasteiger partial charge on any atom is -0.543 e. The van der Waals surface area contributed by atoms with Gasteiger partial charge in [-0.3, -0.25) is 19.3 Å². The summed E-state index contributed by atoms with van der Waals surface area (Å²) in [5.74, 6) is -3.16. The molecule has 1 aromatic carbocycles. The molecular weight excluding hydrogens is 569 g/mol. The number of carboxylic acids is 1. The number of oxime groups is 1. The first kappa shape index (κ1) is 29.6. The summed E-state index contributed by atoms with van der Waals surface area (Å²) < 4.78 is 0. The maximum atomic E-state index is 13.0. The van der Waals surface area contributed by atoms with Crippen LogP contribution in [-0.2, 0) is 25.7 Å². The molecule has 0 saturated carbocycles. The molecule has 1 aromatic heterocycles. The third-order valence-corrected chi connectivity index (χ3v) is 8.45. The average molecular weight is 592 g/mol. The van der Waals surface area contributed by atoms with Crippen LogP contribution < -0.4 is 51.4 Å². The van der Waals surface area contributed by atoms with Gasteiger partial charge in [-0.25, -0.2) is 4.98 Å². The van der Waals surface area contributed by atoms with Crippen LogP contribution in [0.5, 0.6) is 0 Å². The summed E-state index contributed by atoms with van der Waals surface area (Å²) in [6, 6.07) is 6.12. The number of amides is 3. The third-order valence-electron chi connectivity index (χ3n) is 6.47. The van der Waals surface area contributed by atoms with Crippen LogP contribution >= 0.6 is 23.1 Å². The maximum absolute atomic E-state index is 13.0. The Kier molecular flexibility index (Phi) is 8.90. The second-order valence-electron chi connectivity index (χ2n) is 8.93. The SMILES string of the molecule is Nc1ccc(CN2CC/C(=C\C3=C(C(=O)[O-])N4C(=O)[C@@H](NC(=O)/C(=N\O)c5csc(N)n5)[C@H]4SC3)C2=O)cc1.[Na+]. The summed E-state index contributed by atoms with van der Waals surface area (Å²) >= 11 is 2.27. The number of hydrogen-bond donors (Lipinski definition) is 4. The number of aromatic nitrogens is 1. The normalized spacial score (nSPS) is 21.7. The summed E-state index contributed by atoms with van der Waals surface area (Å²) in [6.45, 7) is 0.854. The molecule has 4 heterocycles. The van der Waals surface area contributed by atoms with Crippen LogP contribution in [0.25, 0.3) is 0 Å². The van der Waals surface area contributed by atoms with E-state index in [1.807, 2.05) is 12.1 Å². The van der Waals surface area contributed by atoms with Crippen LogP contribution in [-0.4, -0.2) is 73.1 Å². The van der Waals surface area contributed by atoms with Crippen LogP contribution in [0.1, 0.15) is 17.7 Å². The second kappa shape index (κ2) is 12.0. The molecule has 202 valence electrons. The fourth-order valence-electron chi connectivity index (χ4n) is 4.57. The first-order valence-corrected chi connectivity index (χ1v) is 13.6. The number of hydrogen-bond acceptors (Lipinski definition) is 12. The van der Waals surface area contributed by atoms with E-state index in [0.29, 0.717) is 30.8 Å². The molecule has 0 radical (unpaired) electrons. The standard InChI is InChI=1S/C24H23N7O6S2.Na/c25-14-3-1-11(2-4-14)8-30-6-5-12(20(30)33)7-13-9-38-22-17(21(34)31(22)18(13)23(35)36)28-19(32)16(29-37)15-10-39-24(26)27-15;/h1-4,7,10,17,22,37H,5-6,8-9,25H2,(H2,26,27)(H,28,32)(H,35,36);/q;+1/p-1/b12-7+,29-16-;/t17-,22-;/m1./s1. The molecule has 0 unspecified atom stereocenters. The average Bonchev–Trinajstić information content (AvgIpc) is 3.49. The fraction of sp³-hybridized carbons (Fsp3) is 0.250. The van der Waals surface area contributed by atoms with Gasteiger partial charge in [0.1, 0.15) is 17.1 Å². The van der Waals surface area contributed by atoms with Crippen molar-refractivity contribution in [2.75, 3.05) is 23.8 Å². The Morgan fingerprint density at radius 1 is 1.25 bits per heavy atom. The number of carbonyl (C=O) groups excluding carboxylic acids is 4. The first-order chi connectivity index (χ1) is 18.7. The number of rotatable bonds is 7. The van der Waals surface area contributed by atoms with Gasteiger partial charge in [-0.2, -0.15) is 0 Å². The molecule has 0 bridgehead atoms. The minimum absolute atomic E-state index is 0. The number of nitrogens with two attached hydrogens (primary N) is 2. The number of allylic oxidation sites excluding steroid dienone is 1. The topological polar surface area (TPSA) is 207 Å². The summed E-state index contributed by atoms with van der Waals surface area (Å²) in [5, 5.41) is 27.7. The molecule has 3 aliphatic heterocycles. The molecule has 13 nitrogen and oxygen atoms in total. The predicted octanol–water partition coefficient (Wildman–Crippen LogP) is -3.75. The Morgan fingerprint density at radius 3 is 2.60 bits per heavy atom. The van der Waals surface area contributed by atoms with Crippen LogP contribution in [0, 0.1) is 0 Å². The zero-order chi connectivity index (χ0) is 27.8. The number of β-lactam (4-membered cyclic amide) rings is 1. The zero-order valence-electron chi connectivity index (χ0n) is 21.2. The smallest absolute Gasteiger partial charge is 0.543 e. The summed E-state index contributed by atoms with van der Waals surface area (Å²) in [4.78, 5) is 57.3. The van der Waals surface area contributed by atoms with E-state index in [0.717, 1.165) is 21.8 Å². The molecule has 5 rings (SSSR count). The molecule has 6 N–H and O–H groups in total. The van der Waals surface area contributed by atoms with Gasteiger partial charge in [-0.05, 0) is 35.8 Å². The van der Waals surface area contributed by atoms with E-state index in [-0.39, 0.29) is 63.3 Å². The monoisotopic (exact) mass is 591 g/mol. The quantitative estimate of drug-likeness (QED) is 0.0470. The van der Waals surface area contributed by atoms with Gasteiger partial charge >= 0.3 is 29.6 Å². The van der Waals surface area contributed by atoms with Gasteiger partial charge in [0.25, 0.3) is 11.8 Å². The molecule has 40 heavy (non-hydrogen) atoms. The predicted molar refractivity (Wildman–Crippen MR) is 141 cm³/mol. The number of fused-ring (bicyclic) bond motifs is 1. The van der Waals surface area contributed by atoms with Gasteiger partial charge in [0.15, 0.2) is 10.8 Å². The van der Waals surface area contributed by atoms with Gasteiger partial charge in [0.05, 0.1) is 11.7 Å². The number of thioether (sulfide) groups is 1. The van der Waals surface area contributed by atoms with Gasteiger partial charge in [-0.15, -0.1) is 23.1 Å². The van der Waals surface area contributed by atoms with Crippen molar-refractivity contribution < 1.29 is 59.0 Å². The number of benzene rings is 1. The number of anilines is 2. The Morgan fingerprint density at radius 2 is 1.98 bits per heavy atom. The van der Waals surface area contributed by atoms with Crippen LogP contribution in [0.3, 0.4) is 0 Å². The van der Waals surface area contributed by atoms with Crippen molar-refractivity contribution in [2.24, 2.45) is 5.16 Å². The van der Waals surface area contributed by atoms with Crippen molar-refractivity contribution in [3.8, 4) is 0 Å². The van der Waals surface area contributed by atoms with Gasteiger partial charge in [0.2, 0.25) is 5.91 Å². The number of aliphatic carboxylic acids is 1. The summed E-state index contributed by atoms with van der Waals surface area (Å²) in [7, 11) is 0. The van der Waals surface area contributed by atoms with E-state index in [1.165, 1.54) is 23.2 Å². The van der Waals surface area contributed by atoms with Gasteiger partial charge in [0, 0.05) is 35.5 Å². The van der Waals surface area contributed by atoms with E-state index in [2.05, 4.69) is 15.5 Å². The van der Waals surface area contributed by atoms with Gasteiger partial charge < -0.3 is 36.8 Å². The first-order valence-electron chi connectivity index (χ1n) is 11.7. The number of nitrogens with one attached hydrogen (secondary N) is 1. The van der Waals surface area contributed by atoms with Crippen LogP contribution in [0.15, 0.2) is 57.7 Å². The van der Waals surface area contributed by atoms with Crippen LogP contribution in [0.4, 0.5) is 10.8 Å². The van der Waals surface area contributed by atoms with Crippen LogP contribution in [0.2, 0.25) is 0 Å². The van der Waals surface area contributed by atoms with Crippen molar-refractivity contribution in [1.82, 2.24) is 20.1 Å². The van der Waals surface area contributed by atoms with E-state index < -0.39 is 34.9 Å². The molecule has 0 aliphatic carbocycles. The molecular formula is C24H22N7NaO6S2. The fourth-order valence-corrected chi connectivity index (χ4v) is 6.42. The summed E-state index contributed by atoms with van der Waals surface area (Å²) in [6.07, 6.45) is 1.94. The van der Waals surface area contributed by atoms with Crippen molar-refractivity contribution >= 4 is 63.3 Å². The Hall–Kier alpha value is -3.37. The number of carbonyl (C=O) groups is 4. The second-order valence-corrected chi connectivity index (χ2v) is 10.9. The zero-order valence-corrected chi connectivity index (χ0v) is 24.8. The molecule has 3 amide bonds. The largest absolute Gasteiger partial charge is 1.00 e. The minimum atomic E-state index is -1.56. The molecule has 3 aliphatic rings. The summed E-state index contributed by atoms with van der Waals surface area (Å²) in [5.41, 5.74) is 12.8. The number of nitrogens with zero attached hydrogens (tertiary/aromatic N) is 4. The molecule has 2 fully saturated rings. The molecule has 2 aromatic rings. The molecule has 16 heteroatoms. The maximum Gasteiger partial charge on any atom is 1.00 e. The van der Waals surface area contributed by atoms with Crippen molar-refractivity contribution in [3.63, 3.8) is 0 Å². The van der Waals surface area contributed by atoms with E-state index in [9.17, 15) is 29.5 Å². The molecule has 2 saturated heterocycles. The van der Waals surface area contributed by atoms with Crippen molar-refractivity contribution in [2.45, 2.75) is 24.4 Å². The third kappa shape index (κ3) is 5.60. The van der Waals surface area contributed by atoms with Crippen molar-refractivity contribution in [3.05, 3.63) is 63.8 Å². The Labute approximate surface area is 258 Å². The van der Waals surface area contributed by atoms with E-state index in [1.54, 1.807) is 17.0 Å². The number of nitrogen functional groups attached to an aromatic ring is 2. The number of thiazole rings is 1. The number of likely N-dealkylation sites (tertiary alicyclic amines) is 1. The number of carboxylic acid groups (broad SMARTS) is 1. The Balaban J connectivity index is 0.00000370. The van der Waals surface area contributed by atoms with E-state index >= 15 is 0 Å².